The van der Waals surface area contributed by atoms with Crippen LogP contribution in [0.3, 0.4) is 0 Å². The van der Waals surface area contributed by atoms with Crippen molar-refractivity contribution in [2.45, 2.75) is 6.42 Å². The molecule has 0 radical (unpaired) electrons. The Balaban J connectivity index is 1.94. The van der Waals surface area contributed by atoms with Gasteiger partial charge in [-0.1, -0.05) is 81.4 Å². The van der Waals surface area contributed by atoms with Crippen LogP contribution in [0.1, 0.15) is 21.5 Å². The number of rotatable bonds is 6. The van der Waals surface area contributed by atoms with Crippen molar-refractivity contribution < 1.29 is 9.53 Å². The molecule has 3 rings (SSSR count). The highest BCUT2D eigenvalue weighted by Crippen LogP contribution is 2.26. The molecular weight excluding hydrogens is 315 g/mol. The average molecular weight is 334 g/mol. The zero-order valence-corrected chi connectivity index (χ0v) is 14.5. The average Bonchev–Trinajstić information content (AvgIpc) is 2.63. The molecule has 0 bridgehead atoms. The van der Waals surface area contributed by atoms with Crippen LogP contribution in [0.5, 0.6) is 5.75 Å². The number of benzene rings is 3. The molecule has 0 spiro atoms. The quantitative estimate of drug-likeness (QED) is 0.507. The van der Waals surface area contributed by atoms with Gasteiger partial charge in [0.05, 0.1) is 7.11 Å². The van der Waals surface area contributed by atoms with Gasteiger partial charge >= 0.3 is 0 Å². The van der Waals surface area contributed by atoms with Crippen LogP contribution in [0.4, 0.5) is 0 Å². The molecular formula is C21H19O2P. The number of carbonyl (C=O) groups is 1. The van der Waals surface area contributed by atoms with E-state index in [2.05, 4.69) is 30.3 Å². The largest absolute Gasteiger partial charge is 0.496 e. The van der Waals surface area contributed by atoms with Crippen molar-refractivity contribution in [3.8, 4) is 5.75 Å². The number of ether oxygens (including phenoxy) is 1. The van der Waals surface area contributed by atoms with Gasteiger partial charge in [-0.25, -0.2) is 0 Å². The predicted molar refractivity (Wildman–Crippen MR) is 102 cm³/mol. The van der Waals surface area contributed by atoms with E-state index >= 15 is 0 Å². The maximum atomic E-state index is 11.3. The van der Waals surface area contributed by atoms with Crippen molar-refractivity contribution in [3.63, 3.8) is 0 Å². The van der Waals surface area contributed by atoms with Gasteiger partial charge in [-0.15, -0.1) is 0 Å². The van der Waals surface area contributed by atoms with Gasteiger partial charge in [-0.3, -0.25) is 4.79 Å². The zero-order valence-electron chi connectivity index (χ0n) is 13.5. The highest BCUT2D eigenvalue weighted by atomic mass is 31.1. The molecule has 3 aromatic rings. The molecule has 0 saturated heterocycles. The zero-order chi connectivity index (χ0) is 16.8. The monoisotopic (exact) mass is 334 g/mol. The van der Waals surface area contributed by atoms with E-state index in [1.807, 2.05) is 42.5 Å². The Hall–Kier alpha value is -2.44. The summed E-state index contributed by atoms with van der Waals surface area (Å²) in [5, 5.41) is 2.17. The molecule has 3 heteroatoms. The lowest BCUT2D eigenvalue weighted by Crippen LogP contribution is -2.12. The van der Waals surface area contributed by atoms with Gasteiger partial charge < -0.3 is 4.74 Å². The third kappa shape index (κ3) is 3.72. The van der Waals surface area contributed by atoms with Crippen molar-refractivity contribution in [3.05, 3.63) is 89.5 Å². The Bertz CT molecular complexity index is 828. The summed E-state index contributed by atoms with van der Waals surface area (Å²) in [6, 6.07) is 24.3. The van der Waals surface area contributed by atoms with Gasteiger partial charge in [-0.05, 0) is 16.4 Å². The Morgan fingerprint density at radius 1 is 0.875 bits per heavy atom. The number of para-hydroxylation sites is 1. The standard InChI is InChI=1S/C21H19O2P/c1-23-21-17(14-16-8-3-2-4-9-16)11-7-13-20(21)24-19-12-6-5-10-18(19)15-22/h2-13,15,24H,14H2,1H3. The molecule has 0 fully saturated rings. The lowest BCUT2D eigenvalue weighted by atomic mass is 10.0. The second kappa shape index (κ2) is 7.90. The minimum Gasteiger partial charge on any atom is -0.496 e. The molecule has 0 amide bonds. The fourth-order valence-electron chi connectivity index (χ4n) is 2.74. The first-order valence-electron chi connectivity index (χ1n) is 7.83. The molecule has 0 aliphatic heterocycles. The Labute approximate surface area is 144 Å². The van der Waals surface area contributed by atoms with Crippen molar-refractivity contribution in [2.75, 3.05) is 7.11 Å². The number of hydrogen-bond donors (Lipinski definition) is 0. The van der Waals surface area contributed by atoms with Gasteiger partial charge in [0.15, 0.2) is 6.29 Å². The fourth-order valence-corrected chi connectivity index (χ4v) is 4.05. The van der Waals surface area contributed by atoms with E-state index in [9.17, 15) is 4.79 Å². The second-order valence-electron chi connectivity index (χ2n) is 5.49. The SMILES string of the molecule is COc1c(Cc2ccccc2)cccc1Pc1ccccc1C=O. The van der Waals surface area contributed by atoms with E-state index < -0.39 is 0 Å². The maximum absolute atomic E-state index is 11.3. The highest BCUT2D eigenvalue weighted by Gasteiger charge is 2.11. The summed E-state index contributed by atoms with van der Waals surface area (Å²) in [7, 11) is 2.10. The first-order chi connectivity index (χ1) is 11.8. The van der Waals surface area contributed by atoms with Crippen molar-refractivity contribution in [1.29, 1.82) is 0 Å². The number of carbonyl (C=O) groups excluding carboxylic acids is 1. The van der Waals surface area contributed by atoms with Gasteiger partial charge in [-0.2, -0.15) is 0 Å². The van der Waals surface area contributed by atoms with E-state index in [1.165, 1.54) is 5.56 Å². The number of hydrogen-bond acceptors (Lipinski definition) is 2. The van der Waals surface area contributed by atoms with Crippen LogP contribution in [0.15, 0.2) is 72.8 Å². The summed E-state index contributed by atoms with van der Waals surface area (Å²) in [6.45, 7) is 0. The molecule has 0 aromatic heterocycles. The van der Waals surface area contributed by atoms with E-state index in [4.69, 9.17) is 4.74 Å². The molecule has 1 atom stereocenters. The van der Waals surface area contributed by atoms with Crippen LogP contribution in [0, 0.1) is 0 Å². The van der Waals surface area contributed by atoms with E-state index in [0.29, 0.717) is 8.58 Å². The van der Waals surface area contributed by atoms with Crippen LogP contribution in [0.25, 0.3) is 0 Å². The van der Waals surface area contributed by atoms with E-state index in [0.717, 1.165) is 40.2 Å². The lowest BCUT2D eigenvalue weighted by Gasteiger charge is -2.14. The van der Waals surface area contributed by atoms with Gasteiger partial charge in [0.1, 0.15) is 5.75 Å². The highest BCUT2D eigenvalue weighted by molar-refractivity contribution is 7.56. The minimum atomic E-state index is 0.389. The minimum absolute atomic E-state index is 0.389. The van der Waals surface area contributed by atoms with E-state index in [-0.39, 0.29) is 0 Å². The number of aldehydes is 1. The third-order valence-corrected chi connectivity index (χ3v) is 5.28. The molecule has 0 aliphatic carbocycles. The first-order valence-corrected chi connectivity index (χ1v) is 8.83. The molecule has 1 unspecified atom stereocenters. The van der Waals surface area contributed by atoms with Gasteiger partial charge in [0.25, 0.3) is 0 Å². The second-order valence-corrected chi connectivity index (χ2v) is 6.82. The summed E-state index contributed by atoms with van der Waals surface area (Å²) in [6.07, 6.45) is 1.75. The van der Waals surface area contributed by atoms with Gasteiger partial charge in [0.2, 0.25) is 0 Å². The fraction of sp³-hybridized carbons (Fsp3) is 0.0952. The summed E-state index contributed by atoms with van der Waals surface area (Å²) in [5.41, 5.74) is 3.16. The Morgan fingerprint density at radius 2 is 1.58 bits per heavy atom. The normalized spacial score (nSPS) is 10.9. The van der Waals surface area contributed by atoms with Gasteiger partial charge in [0, 0.05) is 17.3 Å². The van der Waals surface area contributed by atoms with Crippen molar-refractivity contribution in [1.82, 2.24) is 0 Å². The van der Waals surface area contributed by atoms with Crippen LogP contribution in [-0.2, 0) is 6.42 Å². The topological polar surface area (TPSA) is 26.3 Å². The first kappa shape index (κ1) is 16.4. The summed E-state index contributed by atoms with van der Waals surface area (Å²) < 4.78 is 5.71. The summed E-state index contributed by atoms with van der Waals surface area (Å²) in [5.74, 6) is 0.917. The molecule has 120 valence electrons. The number of methoxy groups -OCH3 is 1. The molecule has 2 nitrogen and oxygen atoms in total. The summed E-state index contributed by atoms with van der Waals surface area (Å²) >= 11 is 0. The maximum Gasteiger partial charge on any atom is 0.150 e. The molecule has 3 aromatic carbocycles. The molecule has 0 aliphatic rings. The van der Waals surface area contributed by atoms with E-state index in [1.54, 1.807) is 7.11 Å². The Kier molecular flexibility index (Phi) is 5.40. The smallest absolute Gasteiger partial charge is 0.150 e. The molecule has 0 saturated carbocycles. The molecule has 0 N–H and O–H groups in total. The predicted octanol–water partition coefficient (Wildman–Crippen LogP) is 3.73. The Morgan fingerprint density at radius 3 is 2.33 bits per heavy atom. The van der Waals surface area contributed by atoms with Crippen molar-refractivity contribution >= 4 is 25.5 Å². The summed E-state index contributed by atoms with van der Waals surface area (Å²) in [4.78, 5) is 11.3. The van der Waals surface area contributed by atoms with Crippen molar-refractivity contribution in [2.24, 2.45) is 0 Å². The third-order valence-electron chi connectivity index (χ3n) is 3.90. The van der Waals surface area contributed by atoms with Crippen LogP contribution in [-0.4, -0.2) is 13.4 Å². The van der Waals surface area contributed by atoms with Crippen LogP contribution in [0.2, 0.25) is 0 Å². The lowest BCUT2D eigenvalue weighted by molar-refractivity contribution is 0.112. The van der Waals surface area contributed by atoms with Crippen LogP contribution >= 0.6 is 8.58 Å². The molecule has 24 heavy (non-hydrogen) atoms. The van der Waals surface area contributed by atoms with Crippen LogP contribution < -0.4 is 15.3 Å². The molecule has 0 heterocycles.